The minimum Gasteiger partial charge on any atom is -0.457 e. The zero-order valence-electron chi connectivity index (χ0n) is 17.4. The molecule has 1 aliphatic rings. The number of halogens is 1. The molecule has 8 nitrogen and oxygen atoms in total. The molecule has 1 aliphatic heterocycles. The van der Waals surface area contributed by atoms with Crippen molar-refractivity contribution in [3.8, 4) is 11.3 Å². The van der Waals surface area contributed by atoms with Crippen LogP contribution in [0.25, 0.3) is 17.4 Å². The molecule has 3 aromatic rings. The molecule has 33 heavy (non-hydrogen) atoms. The molecule has 4 rings (SSSR count). The highest BCUT2D eigenvalue weighted by atomic mass is 35.5. The summed E-state index contributed by atoms with van der Waals surface area (Å²) in [5, 5.41) is 14.1. The number of anilines is 1. The summed E-state index contributed by atoms with van der Waals surface area (Å²) >= 11 is 11.4. The van der Waals surface area contributed by atoms with Crippen molar-refractivity contribution in [2.45, 2.75) is 13.8 Å². The third kappa shape index (κ3) is 4.28. The Kier molecular flexibility index (Phi) is 5.84. The van der Waals surface area contributed by atoms with Crippen molar-refractivity contribution in [2.24, 2.45) is 0 Å². The Balaban J connectivity index is 1.68. The summed E-state index contributed by atoms with van der Waals surface area (Å²) < 4.78 is 5.74. The number of benzene rings is 2. The van der Waals surface area contributed by atoms with Crippen LogP contribution < -0.4 is 10.2 Å². The van der Waals surface area contributed by atoms with Gasteiger partial charge in [0.2, 0.25) is 0 Å². The zero-order valence-corrected chi connectivity index (χ0v) is 19.0. The normalized spacial score (nSPS) is 15.2. The van der Waals surface area contributed by atoms with Crippen LogP contribution in [0.15, 0.2) is 58.5 Å². The van der Waals surface area contributed by atoms with Crippen LogP contribution >= 0.6 is 23.8 Å². The van der Waals surface area contributed by atoms with Gasteiger partial charge >= 0.3 is 0 Å². The second-order valence-corrected chi connectivity index (χ2v) is 8.15. The van der Waals surface area contributed by atoms with E-state index in [0.717, 1.165) is 5.56 Å². The molecule has 2 heterocycles. The first-order valence-electron chi connectivity index (χ1n) is 9.68. The van der Waals surface area contributed by atoms with Gasteiger partial charge in [-0.25, -0.2) is 0 Å². The van der Waals surface area contributed by atoms with Gasteiger partial charge in [0.15, 0.2) is 5.11 Å². The highest BCUT2D eigenvalue weighted by Gasteiger charge is 2.35. The number of hydrogen-bond donors (Lipinski definition) is 1. The number of nitrogens with zero attached hydrogens (tertiary/aromatic N) is 2. The molecule has 1 saturated heterocycles. The van der Waals surface area contributed by atoms with Gasteiger partial charge in [0, 0.05) is 22.2 Å². The van der Waals surface area contributed by atoms with Gasteiger partial charge in [-0.15, -0.1) is 0 Å². The third-order valence-corrected chi connectivity index (χ3v) is 5.81. The van der Waals surface area contributed by atoms with E-state index in [1.54, 1.807) is 49.4 Å². The molecular weight excluding hydrogens is 466 g/mol. The second kappa shape index (κ2) is 8.61. The minimum absolute atomic E-state index is 0.0356. The first-order chi connectivity index (χ1) is 15.7. The van der Waals surface area contributed by atoms with Crippen molar-refractivity contribution >= 4 is 58.2 Å². The van der Waals surface area contributed by atoms with E-state index >= 15 is 0 Å². The first-order valence-corrected chi connectivity index (χ1v) is 10.5. The molecule has 0 aliphatic carbocycles. The maximum atomic E-state index is 13.1. The number of carbonyl (C=O) groups is 2. The smallest absolute Gasteiger partial charge is 0.273 e. The fourth-order valence-electron chi connectivity index (χ4n) is 3.30. The minimum atomic E-state index is -0.664. The standard InChI is InChI=1S/C23H16ClN3O5S/c1-12-4-6-15(10-18(12)24)26-22(29)17(21(28)25-23(26)33)11-16-7-8-20(32-16)14-5-3-13(2)19(9-14)27(30)31/h3-11H,1-2H3,(H,25,28,33)/b17-11+. The molecular formula is C23H16ClN3O5S. The van der Waals surface area contributed by atoms with Crippen LogP contribution in [-0.4, -0.2) is 21.9 Å². The molecule has 0 atom stereocenters. The number of carbonyl (C=O) groups excluding carboxylic acids is 2. The average molecular weight is 482 g/mol. The maximum absolute atomic E-state index is 13.1. The van der Waals surface area contributed by atoms with Crippen molar-refractivity contribution in [3.05, 3.63) is 86.1 Å². The summed E-state index contributed by atoms with van der Waals surface area (Å²) in [4.78, 5) is 37.6. The fraction of sp³-hybridized carbons (Fsp3) is 0.0870. The van der Waals surface area contributed by atoms with Crippen molar-refractivity contribution < 1.29 is 18.9 Å². The number of aryl methyl sites for hydroxylation is 2. The van der Waals surface area contributed by atoms with Crippen molar-refractivity contribution in [3.63, 3.8) is 0 Å². The Hall–Kier alpha value is -3.82. The molecule has 10 heteroatoms. The number of nitrogens with one attached hydrogen (secondary N) is 1. The topological polar surface area (TPSA) is 106 Å². The van der Waals surface area contributed by atoms with Crippen molar-refractivity contribution in [2.75, 3.05) is 4.90 Å². The lowest BCUT2D eigenvalue weighted by molar-refractivity contribution is -0.385. The van der Waals surface area contributed by atoms with Crippen LogP contribution in [0.1, 0.15) is 16.9 Å². The van der Waals surface area contributed by atoms with Gasteiger partial charge in [-0.05, 0) is 62.0 Å². The molecule has 0 saturated carbocycles. The lowest BCUT2D eigenvalue weighted by Gasteiger charge is -2.29. The number of furan rings is 1. The monoisotopic (exact) mass is 481 g/mol. The molecule has 1 aromatic heterocycles. The lowest BCUT2D eigenvalue weighted by Crippen LogP contribution is -2.54. The van der Waals surface area contributed by atoms with Gasteiger partial charge < -0.3 is 4.42 Å². The summed E-state index contributed by atoms with van der Waals surface area (Å²) in [6.45, 7) is 3.47. The maximum Gasteiger partial charge on any atom is 0.273 e. The Bertz CT molecular complexity index is 1380. The van der Waals surface area contributed by atoms with E-state index in [-0.39, 0.29) is 22.1 Å². The van der Waals surface area contributed by atoms with Crippen LogP contribution in [0.5, 0.6) is 0 Å². The number of nitro groups is 1. The average Bonchev–Trinajstić information content (AvgIpc) is 3.22. The van der Waals surface area contributed by atoms with E-state index in [9.17, 15) is 19.7 Å². The van der Waals surface area contributed by atoms with Crippen molar-refractivity contribution in [1.82, 2.24) is 5.32 Å². The molecule has 1 N–H and O–H groups in total. The predicted octanol–water partition coefficient (Wildman–Crippen LogP) is 4.96. The van der Waals surface area contributed by atoms with Gasteiger partial charge in [0.25, 0.3) is 17.5 Å². The second-order valence-electron chi connectivity index (χ2n) is 7.35. The molecule has 0 radical (unpaired) electrons. The molecule has 0 bridgehead atoms. The Morgan fingerprint density at radius 2 is 1.82 bits per heavy atom. The highest BCUT2D eigenvalue weighted by molar-refractivity contribution is 7.80. The first kappa shape index (κ1) is 22.4. The Morgan fingerprint density at radius 3 is 2.52 bits per heavy atom. The summed E-state index contributed by atoms with van der Waals surface area (Å²) in [6.07, 6.45) is 1.30. The largest absolute Gasteiger partial charge is 0.457 e. The van der Waals surface area contributed by atoms with Crippen LogP contribution in [0.4, 0.5) is 11.4 Å². The van der Waals surface area contributed by atoms with Crippen LogP contribution in [0.3, 0.4) is 0 Å². The summed E-state index contributed by atoms with van der Waals surface area (Å²) in [7, 11) is 0. The number of amides is 2. The number of hydrogen-bond acceptors (Lipinski definition) is 6. The molecule has 0 spiro atoms. The fourth-order valence-corrected chi connectivity index (χ4v) is 3.76. The van der Waals surface area contributed by atoms with E-state index in [4.69, 9.17) is 28.2 Å². The summed E-state index contributed by atoms with van der Waals surface area (Å²) in [5.41, 5.74) is 2.04. The number of nitro benzene ring substituents is 1. The van der Waals surface area contributed by atoms with Gasteiger partial charge in [-0.1, -0.05) is 29.8 Å². The summed E-state index contributed by atoms with van der Waals surface area (Å²) in [6, 6.07) is 12.9. The number of rotatable bonds is 4. The third-order valence-electron chi connectivity index (χ3n) is 5.12. The van der Waals surface area contributed by atoms with Gasteiger partial charge in [0.1, 0.15) is 17.1 Å². The van der Waals surface area contributed by atoms with Crippen LogP contribution in [-0.2, 0) is 9.59 Å². The molecule has 2 amide bonds. The van der Waals surface area contributed by atoms with Gasteiger partial charge in [-0.2, -0.15) is 0 Å². The van der Waals surface area contributed by atoms with Gasteiger partial charge in [0.05, 0.1) is 10.6 Å². The van der Waals surface area contributed by atoms with E-state index in [2.05, 4.69) is 5.32 Å². The SMILES string of the molecule is Cc1ccc(N2C(=O)/C(=C/c3ccc(-c4ccc(C)c([N+](=O)[O-])c4)o3)C(=O)NC2=S)cc1Cl. The van der Waals surface area contributed by atoms with E-state index in [0.29, 0.717) is 27.6 Å². The van der Waals surface area contributed by atoms with Gasteiger partial charge in [-0.3, -0.25) is 29.9 Å². The van der Waals surface area contributed by atoms with E-state index < -0.39 is 16.7 Å². The van der Waals surface area contributed by atoms with Crippen molar-refractivity contribution in [1.29, 1.82) is 0 Å². The van der Waals surface area contributed by atoms with Crippen LogP contribution in [0, 0.1) is 24.0 Å². The zero-order chi connectivity index (χ0) is 23.9. The molecule has 1 fully saturated rings. The van der Waals surface area contributed by atoms with E-state index in [1.807, 2.05) is 6.92 Å². The molecule has 166 valence electrons. The Morgan fingerprint density at radius 1 is 1.09 bits per heavy atom. The molecule has 2 aromatic carbocycles. The quantitative estimate of drug-likeness (QED) is 0.186. The van der Waals surface area contributed by atoms with Crippen LogP contribution in [0.2, 0.25) is 5.02 Å². The number of thiocarbonyl (C=S) groups is 1. The Labute approximate surface area is 198 Å². The summed E-state index contributed by atoms with van der Waals surface area (Å²) in [5.74, 6) is -0.719. The lowest BCUT2D eigenvalue weighted by atomic mass is 10.1. The highest BCUT2D eigenvalue weighted by Crippen LogP contribution is 2.30. The molecule has 0 unspecified atom stereocenters. The predicted molar refractivity (Wildman–Crippen MR) is 128 cm³/mol. The van der Waals surface area contributed by atoms with E-state index in [1.165, 1.54) is 17.0 Å².